The van der Waals surface area contributed by atoms with Gasteiger partial charge in [0.15, 0.2) is 0 Å². The maximum atomic E-state index is 12.3. The molecule has 0 bridgehead atoms. The highest BCUT2D eigenvalue weighted by Crippen LogP contribution is 2.35. The molecule has 1 saturated carbocycles. The van der Waals surface area contributed by atoms with Crippen LogP contribution in [0.25, 0.3) is 0 Å². The third-order valence-electron chi connectivity index (χ3n) is 5.73. The smallest absolute Gasteiger partial charge is 0.475 e. The Labute approximate surface area is 171 Å². The summed E-state index contributed by atoms with van der Waals surface area (Å²) in [5.74, 6) is -1.09. The highest BCUT2D eigenvalue weighted by molar-refractivity contribution is 5.81. The number of likely N-dealkylation sites (tertiary alicyclic amines) is 1. The van der Waals surface area contributed by atoms with Crippen LogP contribution in [0.4, 0.5) is 13.2 Å². The van der Waals surface area contributed by atoms with Gasteiger partial charge in [0.25, 0.3) is 0 Å². The van der Waals surface area contributed by atoms with Crippen molar-refractivity contribution < 1.29 is 37.1 Å². The lowest BCUT2D eigenvalue weighted by Crippen LogP contribution is -2.37. The Kier molecular flexibility index (Phi) is 6.71. The standard InChI is InChI=1S/C17H25N3O3.C2HF3O2/c1-10-13(11(2)23-19-10)9-20-6-5-15-14(20)7-16(22-15)17(21)18-8-12-3-4-12;3-2(4,5)1(6)7/h12,14-16H,3-9H2,1-2H3,(H,18,21);(H,6,7)/t14-,15-,16+;/m0./s1. The molecular weight excluding hydrogens is 407 g/mol. The average Bonchev–Trinajstić information content (AvgIpc) is 3.16. The quantitative estimate of drug-likeness (QED) is 0.733. The number of aromatic nitrogens is 1. The number of carbonyl (C=O) groups excluding carboxylic acids is 1. The minimum Gasteiger partial charge on any atom is -0.475 e. The summed E-state index contributed by atoms with van der Waals surface area (Å²) in [6.45, 7) is 6.61. The number of aryl methyl sites for hydroxylation is 2. The van der Waals surface area contributed by atoms with Gasteiger partial charge in [-0.15, -0.1) is 0 Å². The second-order valence-corrected chi connectivity index (χ2v) is 8.02. The fourth-order valence-electron chi connectivity index (χ4n) is 3.81. The number of halogens is 3. The molecule has 11 heteroatoms. The maximum Gasteiger partial charge on any atom is 0.490 e. The zero-order valence-corrected chi connectivity index (χ0v) is 16.9. The summed E-state index contributed by atoms with van der Waals surface area (Å²) in [6, 6.07) is 0.334. The Morgan fingerprint density at radius 1 is 1.27 bits per heavy atom. The van der Waals surface area contributed by atoms with Crippen LogP contribution in [-0.4, -0.2) is 64.6 Å². The number of ether oxygens (including phenoxy) is 1. The first-order valence-electron chi connectivity index (χ1n) is 9.95. The van der Waals surface area contributed by atoms with Crippen LogP contribution in [0.15, 0.2) is 4.52 Å². The third-order valence-corrected chi connectivity index (χ3v) is 5.73. The summed E-state index contributed by atoms with van der Waals surface area (Å²) in [4.78, 5) is 23.6. The molecule has 2 aliphatic heterocycles. The lowest BCUT2D eigenvalue weighted by Gasteiger charge is -2.22. The predicted octanol–water partition coefficient (Wildman–Crippen LogP) is 2.18. The molecule has 0 aromatic carbocycles. The largest absolute Gasteiger partial charge is 0.490 e. The van der Waals surface area contributed by atoms with E-state index in [4.69, 9.17) is 19.2 Å². The van der Waals surface area contributed by atoms with Gasteiger partial charge in [0.05, 0.1) is 11.8 Å². The van der Waals surface area contributed by atoms with Crippen LogP contribution in [0, 0.1) is 19.8 Å². The first-order chi connectivity index (χ1) is 14.1. The first-order valence-corrected chi connectivity index (χ1v) is 9.95. The van der Waals surface area contributed by atoms with Gasteiger partial charge in [-0.1, -0.05) is 5.16 Å². The number of hydrogen-bond acceptors (Lipinski definition) is 6. The molecule has 0 unspecified atom stereocenters. The molecule has 3 atom stereocenters. The van der Waals surface area contributed by atoms with Crippen LogP contribution in [0.3, 0.4) is 0 Å². The maximum absolute atomic E-state index is 12.3. The highest BCUT2D eigenvalue weighted by atomic mass is 19.4. The Balaban J connectivity index is 0.000000318. The van der Waals surface area contributed by atoms with Gasteiger partial charge < -0.3 is 19.7 Å². The third kappa shape index (κ3) is 5.51. The van der Waals surface area contributed by atoms with E-state index in [9.17, 15) is 18.0 Å². The molecule has 1 aromatic heterocycles. The van der Waals surface area contributed by atoms with E-state index >= 15 is 0 Å². The number of alkyl halides is 3. The van der Waals surface area contributed by atoms with Gasteiger partial charge in [-0.05, 0) is 39.0 Å². The molecule has 1 amide bonds. The molecule has 3 fully saturated rings. The van der Waals surface area contributed by atoms with Crippen molar-refractivity contribution >= 4 is 11.9 Å². The number of hydrogen-bond donors (Lipinski definition) is 2. The van der Waals surface area contributed by atoms with Crippen LogP contribution in [0.1, 0.15) is 42.7 Å². The number of rotatable bonds is 5. The van der Waals surface area contributed by atoms with E-state index in [0.717, 1.165) is 43.9 Å². The van der Waals surface area contributed by atoms with E-state index in [0.29, 0.717) is 12.0 Å². The van der Waals surface area contributed by atoms with E-state index < -0.39 is 12.1 Å². The normalized spacial score (nSPS) is 26.1. The van der Waals surface area contributed by atoms with Gasteiger partial charge in [0.2, 0.25) is 5.91 Å². The fraction of sp³-hybridized carbons (Fsp3) is 0.737. The van der Waals surface area contributed by atoms with Gasteiger partial charge in [0, 0.05) is 37.7 Å². The summed E-state index contributed by atoms with van der Waals surface area (Å²) < 4.78 is 43.0. The predicted molar refractivity (Wildman–Crippen MR) is 97.5 cm³/mol. The molecule has 2 saturated heterocycles. The molecule has 168 valence electrons. The number of carbonyl (C=O) groups is 2. The molecule has 8 nitrogen and oxygen atoms in total. The molecule has 4 rings (SSSR count). The summed E-state index contributed by atoms with van der Waals surface area (Å²) in [6.07, 6.45) is -0.876. The second-order valence-electron chi connectivity index (χ2n) is 8.02. The molecular formula is C19H26F3N3O5. The number of aliphatic carboxylic acids is 1. The number of nitrogens with zero attached hydrogens (tertiary/aromatic N) is 2. The zero-order chi connectivity index (χ0) is 22.1. The van der Waals surface area contributed by atoms with Crippen LogP contribution in [0.2, 0.25) is 0 Å². The van der Waals surface area contributed by atoms with Gasteiger partial charge >= 0.3 is 12.1 Å². The summed E-state index contributed by atoms with van der Waals surface area (Å²) in [7, 11) is 0. The Morgan fingerprint density at radius 2 is 1.93 bits per heavy atom. The van der Waals surface area contributed by atoms with Crippen molar-refractivity contribution in [2.45, 2.75) is 70.5 Å². The van der Waals surface area contributed by atoms with E-state index in [-0.39, 0.29) is 18.1 Å². The lowest BCUT2D eigenvalue weighted by atomic mass is 10.1. The molecule has 2 N–H and O–H groups in total. The molecule has 3 aliphatic rings. The van der Waals surface area contributed by atoms with E-state index in [2.05, 4.69) is 15.4 Å². The van der Waals surface area contributed by atoms with Gasteiger partial charge in [-0.2, -0.15) is 13.2 Å². The first kappa shape index (κ1) is 22.5. The topological polar surface area (TPSA) is 105 Å². The highest BCUT2D eigenvalue weighted by Gasteiger charge is 2.45. The van der Waals surface area contributed by atoms with E-state index in [1.807, 2.05) is 13.8 Å². The number of amides is 1. The van der Waals surface area contributed by atoms with Crippen molar-refractivity contribution in [1.29, 1.82) is 0 Å². The summed E-state index contributed by atoms with van der Waals surface area (Å²) in [5, 5.41) is 14.2. The van der Waals surface area contributed by atoms with Crippen molar-refractivity contribution in [2.24, 2.45) is 5.92 Å². The van der Waals surface area contributed by atoms with Gasteiger partial charge in [-0.25, -0.2) is 4.79 Å². The van der Waals surface area contributed by atoms with Crippen molar-refractivity contribution in [3.05, 3.63) is 17.0 Å². The van der Waals surface area contributed by atoms with Crippen LogP contribution in [0.5, 0.6) is 0 Å². The number of fused-ring (bicyclic) bond motifs is 1. The Bertz CT molecular complexity index is 758. The van der Waals surface area contributed by atoms with Crippen molar-refractivity contribution in [3.63, 3.8) is 0 Å². The number of nitrogens with one attached hydrogen (secondary N) is 1. The van der Waals surface area contributed by atoms with E-state index in [1.54, 1.807) is 0 Å². The molecule has 1 aliphatic carbocycles. The minimum atomic E-state index is -5.08. The van der Waals surface area contributed by atoms with E-state index in [1.165, 1.54) is 18.4 Å². The Morgan fingerprint density at radius 3 is 2.47 bits per heavy atom. The van der Waals surface area contributed by atoms with Gasteiger partial charge in [0.1, 0.15) is 11.9 Å². The van der Waals surface area contributed by atoms with Crippen molar-refractivity contribution in [1.82, 2.24) is 15.4 Å². The van der Waals surface area contributed by atoms with Crippen LogP contribution < -0.4 is 5.32 Å². The average molecular weight is 433 g/mol. The summed E-state index contributed by atoms with van der Waals surface area (Å²) in [5.41, 5.74) is 2.14. The lowest BCUT2D eigenvalue weighted by molar-refractivity contribution is -0.192. The SMILES string of the molecule is Cc1noc(C)c1CN1CC[C@@H]2O[C@@H](C(=O)NCC3CC3)C[C@@H]21.O=C(O)C(F)(F)F. The van der Waals surface area contributed by atoms with Gasteiger partial charge in [-0.3, -0.25) is 9.69 Å². The number of carboxylic acids is 1. The fourth-order valence-corrected chi connectivity index (χ4v) is 3.81. The zero-order valence-electron chi connectivity index (χ0n) is 16.9. The molecule has 0 spiro atoms. The molecule has 1 aromatic rings. The molecule has 3 heterocycles. The monoisotopic (exact) mass is 433 g/mol. The minimum absolute atomic E-state index is 0.0728. The number of carboxylic acid groups (broad SMARTS) is 1. The molecule has 0 radical (unpaired) electrons. The second kappa shape index (κ2) is 8.93. The van der Waals surface area contributed by atoms with Crippen molar-refractivity contribution in [2.75, 3.05) is 13.1 Å². The molecule has 30 heavy (non-hydrogen) atoms. The van der Waals surface area contributed by atoms with Crippen molar-refractivity contribution in [3.8, 4) is 0 Å². The Hall–Kier alpha value is -2.14. The van der Waals surface area contributed by atoms with Crippen LogP contribution >= 0.6 is 0 Å². The summed E-state index contributed by atoms with van der Waals surface area (Å²) >= 11 is 0. The van der Waals surface area contributed by atoms with Crippen LogP contribution in [-0.2, 0) is 20.9 Å².